The fourth-order valence-electron chi connectivity index (χ4n) is 1.75. The summed E-state index contributed by atoms with van der Waals surface area (Å²) in [5, 5.41) is 0. The molecule has 21 heavy (non-hydrogen) atoms. The van der Waals surface area contributed by atoms with Crippen LogP contribution in [0.25, 0.3) is 0 Å². The van der Waals surface area contributed by atoms with Gasteiger partial charge in [0.2, 0.25) is 0 Å². The van der Waals surface area contributed by atoms with E-state index in [1.807, 2.05) is 0 Å². The summed E-state index contributed by atoms with van der Waals surface area (Å²) in [4.78, 5) is 12.1. The van der Waals surface area contributed by atoms with Crippen molar-refractivity contribution in [3.63, 3.8) is 0 Å². The lowest BCUT2D eigenvalue weighted by atomic mass is 9.99. The van der Waals surface area contributed by atoms with Gasteiger partial charge in [-0.25, -0.2) is 8.78 Å². The zero-order valence-electron chi connectivity index (χ0n) is 10.3. The summed E-state index contributed by atoms with van der Waals surface area (Å²) in [6, 6.07) is 4.33. The molecule has 0 unspecified atom stereocenters. The number of halogens is 5. The van der Waals surface area contributed by atoms with Crippen molar-refractivity contribution in [1.82, 2.24) is 0 Å². The Balaban J connectivity index is 2.53. The first-order chi connectivity index (χ1) is 9.70. The molecule has 0 saturated carbocycles. The highest BCUT2D eigenvalue weighted by Gasteiger charge is 2.32. The normalized spacial score (nSPS) is 11.5. The minimum atomic E-state index is -4.66. The third kappa shape index (κ3) is 3.01. The smallest absolute Gasteiger partial charge is 0.398 e. The summed E-state index contributed by atoms with van der Waals surface area (Å²) >= 11 is 0. The van der Waals surface area contributed by atoms with E-state index in [9.17, 15) is 26.7 Å². The number of hydrogen-bond acceptors (Lipinski definition) is 2. The minimum absolute atomic E-state index is 0.225. The van der Waals surface area contributed by atoms with Crippen LogP contribution in [0, 0.1) is 11.6 Å². The number of carbonyl (C=O) groups is 1. The highest BCUT2D eigenvalue weighted by atomic mass is 19.4. The molecule has 0 aliphatic heterocycles. The number of ketones is 1. The maximum Gasteiger partial charge on any atom is 0.416 e. The van der Waals surface area contributed by atoms with Crippen LogP contribution < -0.4 is 5.73 Å². The third-order valence-corrected chi connectivity index (χ3v) is 2.80. The molecular formula is C14H8F5NO. The maximum atomic E-state index is 13.5. The van der Waals surface area contributed by atoms with Crippen LogP contribution in [0.5, 0.6) is 0 Å². The van der Waals surface area contributed by atoms with E-state index in [-0.39, 0.29) is 5.69 Å². The zero-order chi connectivity index (χ0) is 15.8. The molecule has 2 rings (SSSR count). The zero-order valence-corrected chi connectivity index (χ0v) is 10.3. The SMILES string of the molecule is Nc1ccc(C(F)(F)F)cc1C(=O)c1ccc(F)cc1F. The second kappa shape index (κ2) is 5.16. The van der Waals surface area contributed by atoms with E-state index < -0.39 is 40.3 Å². The standard InChI is InChI=1S/C14H8F5NO/c15-8-2-3-9(11(16)6-8)13(21)10-5-7(14(17,18)19)1-4-12(10)20/h1-6H,20H2. The molecule has 110 valence electrons. The number of nitrogens with two attached hydrogens (primary N) is 1. The lowest BCUT2D eigenvalue weighted by molar-refractivity contribution is -0.137. The molecule has 0 radical (unpaired) electrons. The van der Waals surface area contributed by atoms with Gasteiger partial charge in [0.05, 0.1) is 11.1 Å². The topological polar surface area (TPSA) is 43.1 Å². The Bertz CT molecular complexity index is 709. The number of carbonyl (C=O) groups excluding carboxylic acids is 1. The van der Waals surface area contributed by atoms with Crippen LogP contribution in [0.1, 0.15) is 21.5 Å². The van der Waals surface area contributed by atoms with Gasteiger partial charge >= 0.3 is 6.18 Å². The Morgan fingerprint density at radius 3 is 2.19 bits per heavy atom. The average Bonchev–Trinajstić information content (AvgIpc) is 2.37. The largest absolute Gasteiger partial charge is 0.416 e. The molecule has 0 atom stereocenters. The number of nitrogen functional groups attached to an aromatic ring is 1. The molecule has 2 N–H and O–H groups in total. The Morgan fingerprint density at radius 1 is 0.952 bits per heavy atom. The fourth-order valence-corrected chi connectivity index (χ4v) is 1.75. The van der Waals surface area contributed by atoms with Crippen LogP contribution in [0.4, 0.5) is 27.6 Å². The van der Waals surface area contributed by atoms with Gasteiger partial charge in [-0.3, -0.25) is 4.79 Å². The van der Waals surface area contributed by atoms with Gasteiger partial charge in [0, 0.05) is 17.3 Å². The summed E-state index contributed by atoms with van der Waals surface area (Å²) < 4.78 is 64.2. The van der Waals surface area contributed by atoms with Crippen molar-refractivity contribution in [2.24, 2.45) is 0 Å². The Morgan fingerprint density at radius 2 is 1.62 bits per heavy atom. The van der Waals surface area contributed by atoms with E-state index in [0.717, 1.165) is 18.2 Å². The predicted molar refractivity (Wildman–Crippen MR) is 65.6 cm³/mol. The first kappa shape index (κ1) is 15.0. The van der Waals surface area contributed by atoms with E-state index >= 15 is 0 Å². The van der Waals surface area contributed by atoms with Gasteiger partial charge in [0.15, 0.2) is 5.78 Å². The van der Waals surface area contributed by atoms with Gasteiger partial charge in [-0.05, 0) is 30.3 Å². The van der Waals surface area contributed by atoms with E-state index in [1.165, 1.54) is 0 Å². The van der Waals surface area contributed by atoms with Crippen molar-refractivity contribution >= 4 is 11.5 Å². The average molecular weight is 301 g/mol. The summed E-state index contributed by atoms with van der Waals surface area (Å²) in [5.74, 6) is -3.12. The first-order valence-corrected chi connectivity index (χ1v) is 5.66. The molecule has 0 aliphatic rings. The van der Waals surface area contributed by atoms with Gasteiger partial charge in [-0.1, -0.05) is 0 Å². The van der Waals surface area contributed by atoms with Crippen molar-refractivity contribution in [1.29, 1.82) is 0 Å². The molecule has 0 fully saturated rings. The van der Waals surface area contributed by atoms with Crippen molar-refractivity contribution in [2.75, 3.05) is 5.73 Å². The molecule has 0 saturated heterocycles. The molecule has 0 aliphatic carbocycles. The summed E-state index contributed by atoms with van der Waals surface area (Å²) in [7, 11) is 0. The molecule has 7 heteroatoms. The predicted octanol–water partition coefficient (Wildman–Crippen LogP) is 3.80. The maximum absolute atomic E-state index is 13.5. The number of anilines is 1. The fraction of sp³-hybridized carbons (Fsp3) is 0.0714. The summed E-state index contributed by atoms with van der Waals surface area (Å²) in [5.41, 5.74) is 3.12. The van der Waals surface area contributed by atoms with Crippen LogP contribution in [-0.2, 0) is 6.18 Å². The van der Waals surface area contributed by atoms with Gasteiger partial charge in [-0.2, -0.15) is 13.2 Å². The van der Waals surface area contributed by atoms with Crippen LogP contribution >= 0.6 is 0 Å². The van der Waals surface area contributed by atoms with E-state index in [1.54, 1.807) is 0 Å². The minimum Gasteiger partial charge on any atom is -0.398 e. The van der Waals surface area contributed by atoms with Crippen molar-refractivity contribution in [2.45, 2.75) is 6.18 Å². The molecule has 2 aromatic carbocycles. The molecule has 0 spiro atoms. The number of benzene rings is 2. The number of rotatable bonds is 2. The van der Waals surface area contributed by atoms with Crippen LogP contribution in [0.3, 0.4) is 0 Å². The molecule has 0 bridgehead atoms. The van der Waals surface area contributed by atoms with E-state index in [2.05, 4.69) is 0 Å². The monoisotopic (exact) mass is 301 g/mol. The van der Waals surface area contributed by atoms with Crippen LogP contribution in [-0.4, -0.2) is 5.78 Å². The van der Waals surface area contributed by atoms with Gasteiger partial charge in [0.1, 0.15) is 11.6 Å². The van der Waals surface area contributed by atoms with Crippen LogP contribution in [0.2, 0.25) is 0 Å². The van der Waals surface area contributed by atoms with Crippen molar-refractivity contribution < 1.29 is 26.7 Å². The summed E-state index contributed by atoms with van der Waals surface area (Å²) in [6.07, 6.45) is -4.66. The van der Waals surface area contributed by atoms with Gasteiger partial charge < -0.3 is 5.73 Å². The number of alkyl halides is 3. The van der Waals surface area contributed by atoms with Gasteiger partial charge in [0.25, 0.3) is 0 Å². The van der Waals surface area contributed by atoms with E-state index in [0.29, 0.717) is 18.2 Å². The lowest BCUT2D eigenvalue weighted by Gasteiger charge is -2.11. The molecule has 2 aromatic rings. The highest BCUT2D eigenvalue weighted by Crippen LogP contribution is 2.32. The molecular weight excluding hydrogens is 293 g/mol. The Labute approximate surface area is 116 Å². The molecule has 0 heterocycles. The van der Waals surface area contributed by atoms with Crippen molar-refractivity contribution in [3.05, 3.63) is 64.7 Å². The Hall–Kier alpha value is -2.44. The second-order valence-corrected chi connectivity index (χ2v) is 4.25. The summed E-state index contributed by atoms with van der Waals surface area (Å²) in [6.45, 7) is 0. The lowest BCUT2D eigenvalue weighted by Crippen LogP contribution is -2.11. The molecule has 0 aromatic heterocycles. The molecule has 0 amide bonds. The van der Waals surface area contributed by atoms with E-state index in [4.69, 9.17) is 5.73 Å². The second-order valence-electron chi connectivity index (χ2n) is 4.25. The number of hydrogen-bond donors (Lipinski definition) is 1. The first-order valence-electron chi connectivity index (χ1n) is 5.66. The quantitative estimate of drug-likeness (QED) is 0.521. The van der Waals surface area contributed by atoms with Crippen LogP contribution in [0.15, 0.2) is 36.4 Å². The van der Waals surface area contributed by atoms with Gasteiger partial charge in [-0.15, -0.1) is 0 Å². The third-order valence-electron chi connectivity index (χ3n) is 2.80. The Kier molecular flexibility index (Phi) is 3.67. The van der Waals surface area contributed by atoms with Crippen molar-refractivity contribution in [3.8, 4) is 0 Å². The molecule has 2 nitrogen and oxygen atoms in total. The highest BCUT2D eigenvalue weighted by molar-refractivity contribution is 6.12.